The van der Waals surface area contributed by atoms with Gasteiger partial charge in [-0.05, 0) is 49.3 Å². The number of hydrogen-bond acceptors (Lipinski definition) is 6. The van der Waals surface area contributed by atoms with Gasteiger partial charge < -0.3 is 15.1 Å². The van der Waals surface area contributed by atoms with Gasteiger partial charge >= 0.3 is 0 Å². The number of nitrogens with zero attached hydrogens (tertiary/aromatic N) is 3. The van der Waals surface area contributed by atoms with E-state index in [1.54, 1.807) is 11.8 Å². The Bertz CT molecular complexity index is 893. The third-order valence-corrected chi connectivity index (χ3v) is 7.92. The van der Waals surface area contributed by atoms with Crippen molar-refractivity contribution in [2.45, 2.75) is 64.5 Å². The molecule has 0 bridgehead atoms. The minimum absolute atomic E-state index is 0.0226. The maximum Gasteiger partial charge on any atom is 0.230 e. The molecule has 2 aliphatic heterocycles. The molecule has 2 N–H and O–H groups in total. The molecule has 1 saturated carbocycles. The summed E-state index contributed by atoms with van der Waals surface area (Å²) in [6.45, 7) is 7.66. The van der Waals surface area contributed by atoms with Crippen molar-refractivity contribution in [1.82, 2.24) is 20.5 Å². The van der Waals surface area contributed by atoms with E-state index in [-0.39, 0.29) is 36.0 Å². The van der Waals surface area contributed by atoms with Crippen LogP contribution >= 0.6 is 23.4 Å². The molecule has 33 heavy (non-hydrogen) atoms. The van der Waals surface area contributed by atoms with E-state index in [2.05, 4.69) is 41.5 Å². The first-order valence-corrected chi connectivity index (χ1v) is 13.3. The lowest BCUT2D eigenvalue weighted by atomic mass is 9.75. The normalized spacial score (nSPS) is 26.6. The second-order valence-electron chi connectivity index (χ2n) is 9.57. The smallest absolute Gasteiger partial charge is 0.230 e. The third kappa shape index (κ3) is 5.27. The summed E-state index contributed by atoms with van der Waals surface area (Å²) in [5.41, 5.74) is 4.38. The molecular formula is C24H34ClN5O2S. The van der Waals surface area contributed by atoms with Crippen molar-refractivity contribution in [3.63, 3.8) is 0 Å². The number of nitrogens with one attached hydrogen (secondary N) is 2. The lowest BCUT2D eigenvalue weighted by molar-refractivity contribution is -0.157. The first-order chi connectivity index (χ1) is 15.9. The molecule has 4 rings (SSSR count). The van der Waals surface area contributed by atoms with Crippen molar-refractivity contribution in [1.29, 1.82) is 0 Å². The van der Waals surface area contributed by atoms with Gasteiger partial charge in [0.25, 0.3) is 0 Å². The summed E-state index contributed by atoms with van der Waals surface area (Å²) < 4.78 is 0. The third-order valence-electron chi connectivity index (χ3n) is 6.63. The minimum Gasteiger partial charge on any atom is -0.356 e. The molecule has 1 aromatic rings. The number of rotatable bonds is 7. The Kier molecular flexibility index (Phi) is 7.74. The van der Waals surface area contributed by atoms with E-state index in [0.29, 0.717) is 25.4 Å². The summed E-state index contributed by atoms with van der Waals surface area (Å²) >= 11 is 7.69. The quantitative estimate of drug-likeness (QED) is 0.606. The number of carbonyl (C=O) groups is 2. The van der Waals surface area contributed by atoms with Crippen molar-refractivity contribution in [3.05, 3.63) is 34.9 Å². The standard InChI is InChI=1S/C24H34ClN5O2S/c1-4-11-29-22(32)19-10-7-17(21(31)26-13-15(2)3)12-20(19)30-23(29)27-28-24(30)33-14-16-5-8-18(25)9-6-16/h5-6,8-9,15,17,19-20,23,27H,4,7,10-14H2,1-3H3,(H,26,31). The van der Waals surface area contributed by atoms with Gasteiger partial charge in [-0.3, -0.25) is 15.0 Å². The van der Waals surface area contributed by atoms with Crippen molar-refractivity contribution in [3.8, 4) is 0 Å². The molecule has 3 aliphatic rings. The minimum atomic E-state index is -0.274. The highest BCUT2D eigenvalue weighted by Crippen LogP contribution is 2.41. The van der Waals surface area contributed by atoms with Crippen LogP contribution in [0.3, 0.4) is 0 Å². The Balaban J connectivity index is 1.51. The van der Waals surface area contributed by atoms with E-state index in [4.69, 9.17) is 11.6 Å². The highest BCUT2D eigenvalue weighted by atomic mass is 35.5. The maximum absolute atomic E-state index is 13.4. The van der Waals surface area contributed by atoms with Crippen molar-refractivity contribution in [2.75, 3.05) is 13.1 Å². The first-order valence-electron chi connectivity index (χ1n) is 12.0. The zero-order chi connectivity index (χ0) is 23.5. The average molecular weight is 492 g/mol. The van der Waals surface area contributed by atoms with Crippen LogP contribution < -0.4 is 10.7 Å². The summed E-state index contributed by atoms with van der Waals surface area (Å²) in [6, 6.07) is 7.82. The number of benzene rings is 1. The SMILES string of the molecule is CCCN1C(=O)C2CCC(C(=O)NCC(C)C)CC2N2C(SCc3ccc(Cl)cc3)=NNC12. The fourth-order valence-electron chi connectivity index (χ4n) is 4.95. The van der Waals surface area contributed by atoms with Gasteiger partial charge in [-0.15, -0.1) is 0 Å². The van der Waals surface area contributed by atoms with E-state index in [0.717, 1.165) is 35.2 Å². The number of amides is 2. The van der Waals surface area contributed by atoms with Crippen LogP contribution in [0.4, 0.5) is 0 Å². The Morgan fingerprint density at radius 2 is 2.06 bits per heavy atom. The van der Waals surface area contributed by atoms with Crippen LogP contribution in [0.5, 0.6) is 0 Å². The van der Waals surface area contributed by atoms with Crippen LogP contribution in [0.15, 0.2) is 29.4 Å². The van der Waals surface area contributed by atoms with Gasteiger partial charge in [0.15, 0.2) is 11.5 Å². The molecular weight excluding hydrogens is 458 g/mol. The van der Waals surface area contributed by atoms with Crippen LogP contribution in [0.2, 0.25) is 5.02 Å². The molecule has 180 valence electrons. The van der Waals surface area contributed by atoms with Crippen LogP contribution in [-0.4, -0.2) is 52.2 Å². The Morgan fingerprint density at radius 1 is 1.30 bits per heavy atom. The molecule has 1 aliphatic carbocycles. The molecule has 2 heterocycles. The summed E-state index contributed by atoms with van der Waals surface area (Å²) in [5, 5.41) is 9.34. The second-order valence-corrected chi connectivity index (χ2v) is 11.0. The summed E-state index contributed by atoms with van der Waals surface area (Å²) in [4.78, 5) is 30.4. The number of fused-ring (bicyclic) bond motifs is 3. The zero-order valence-electron chi connectivity index (χ0n) is 19.6. The predicted octanol–water partition coefficient (Wildman–Crippen LogP) is 3.84. The summed E-state index contributed by atoms with van der Waals surface area (Å²) in [5.74, 6) is 1.32. The largest absolute Gasteiger partial charge is 0.356 e. The topological polar surface area (TPSA) is 77.0 Å². The molecule has 1 saturated heterocycles. The molecule has 7 nitrogen and oxygen atoms in total. The number of hydrazone groups is 1. The number of thioether (sulfide) groups is 1. The van der Waals surface area contributed by atoms with Crippen molar-refractivity contribution < 1.29 is 9.59 Å². The monoisotopic (exact) mass is 491 g/mol. The van der Waals surface area contributed by atoms with Gasteiger partial charge in [-0.25, -0.2) is 0 Å². The molecule has 2 fully saturated rings. The number of amidine groups is 1. The molecule has 9 heteroatoms. The van der Waals surface area contributed by atoms with Gasteiger partial charge in [-0.1, -0.05) is 56.3 Å². The lowest BCUT2D eigenvalue weighted by Crippen LogP contribution is -2.68. The van der Waals surface area contributed by atoms with Crippen LogP contribution in [0, 0.1) is 17.8 Å². The number of hydrogen-bond donors (Lipinski definition) is 2. The number of halogens is 1. The fraction of sp³-hybridized carbons (Fsp3) is 0.625. The molecule has 0 aromatic heterocycles. The molecule has 2 amide bonds. The summed E-state index contributed by atoms with van der Waals surface area (Å²) in [6.07, 6.45) is 2.79. The maximum atomic E-state index is 13.4. The van der Waals surface area contributed by atoms with E-state index >= 15 is 0 Å². The van der Waals surface area contributed by atoms with E-state index in [9.17, 15) is 9.59 Å². The van der Waals surface area contributed by atoms with Crippen LogP contribution in [0.25, 0.3) is 0 Å². The molecule has 1 aromatic carbocycles. The highest BCUT2D eigenvalue weighted by molar-refractivity contribution is 8.13. The average Bonchev–Trinajstić information content (AvgIpc) is 3.23. The molecule has 4 atom stereocenters. The summed E-state index contributed by atoms with van der Waals surface area (Å²) in [7, 11) is 0. The Morgan fingerprint density at radius 3 is 2.76 bits per heavy atom. The van der Waals surface area contributed by atoms with E-state index < -0.39 is 0 Å². The Hall–Kier alpha value is -1.93. The molecule has 0 radical (unpaired) electrons. The van der Waals surface area contributed by atoms with Crippen LogP contribution in [0.1, 0.15) is 52.0 Å². The zero-order valence-corrected chi connectivity index (χ0v) is 21.2. The van der Waals surface area contributed by atoms with E-state index in [1.807, 2.05) is 29.2 Å². The molecule has 4 unspecified atom stereocenters. The second kappa shape index (κ2) is 10.6. The van der Waals surface area contributed by atoms with Crippen LogP contribution in [-0.2, 0) is 15.3 Å². The van der Waals surface area contributed by atoms with Gasteiger partial charge in [0.05, 0.1) is 5.92 Å². The van der Waals surface area contributed by atoms with Gasteiger partial charge in [0.1, 0.15) is 0 Å². The Labute approximate surface area is 205 Å². The van der Waals surface area contributed by atoms with Crippen molar-refractivity contribution in [2.24, 2.45) is 22.9 Å². The predicted molar refractivity (Wildman–Crippen MR) is 133 cm³/mol. The van der Waals surface area contributed by atoms with Gasteiger partial charge in [-0.2, -0.15) is 5.10 Å². The van der Waals surface area contributed by atoms with Crippen molar-refractivity contribution >= 4 is 40.3 Å². The number of carbonyl (C=O) groups excluding carboxylic acids is 2. The lowest BCUT2D eigenvalue weighted by Gasteiger charge is -2.51. The van der Waals surface area contributed by atoms with Gasteiger partial charge in [0.2, 0.25) is 11.8 Å². The van der Waals surface area contributed by atoms with E-state index in [1.165, 1.54) is 5.56 Å². The van der Waals surface area contributed by atoms with Gasteiger partial charge in [0, 0.05) is 35.8 Å². The first kappa shape index (κ1) is 24.2. The molecule has 0 spiro atoms. The highest BCUT2D eigenvalue weighted by Gasteiger charge is 2.52. The fourth-order valence-corrected chi connectivity index (χ4v) is 6.07.